The molecule has 1 rings (SSSR count). The summed E-state index contributed by atoms with van der Waals surface area (Å²) in [7, 11) is 0. The molecule has 1 aromatic carbocycles. The van der Waals surface area contributed by atoms with Crippen LogP contribution in [0.2, 0.25) is 5.02 Å². The smallest absolute Gasteiger partial charge is 0.231 e. The van der Waals surface area contributed by atoms with E-state index >= 15 is 0 Å². The van der Waals surface area contributed by atoms with Gasteiger partial charge in [-0.2, -0.15) is 0 Å². The molecule has 0 saturated heterocycles. The van der Waals surface area contributed by atoms with E-state index in [-0.39, 0.29) is 24.0 Å². The minimum absolute atomic E-state index is 0.146. The van der Waals surface area contributed by atoms with Crippen molar-refractivity contribution in [1.82, 2.24) is 0 Å². The minimum Gasteiger partial charge on any atom is -0.325 e. The average Bonchev–Trinajstić information content (AvgIpc) is 2.22. The topological polar surface area (TPSA) is 46.2 Å². The number of hydrogen-bond donors (Lipinski definition) is 1. The summed E-state index contributed by atoms with van der Waals surface area (Å²) in [5, 5.41) is 3.23. The van der Waals surface area contributed by atoms with E-state index in [1.165, 1.54) is 0 Å². The van der Waals surface area contributed by atoms with E-state index in [0.717, 1.165) is 5.56 Å². The number of benzene rings is 1. The van der Waals surface area contributed by atoms with E-state index in [4.69, 9.17) is 23.2 Å². The van der Waals surface area contributed by atoms with E-state index in [1.54, 1.807) is 18.2 Å². The van der Waals surface area contributed by atoms with Gasteiger partial charge in [-0.1, -0.05) is 11.6 Å². The summed E-state index contributed by atoms with van der Waals surface area (Å²) in [6.07, 6.45) is -0.203. The molecule has 16 heavy (non-hydrogen) atoms. The summed E-state index contributed by atoms with van der Waals surface area (Å²) in [4.78, 5) is 22.3. The van der Waals surface area contributed by atoms with Crippen molar-refractivity contribution in [1.29, 1.82) is 0 Å². The highest BCUT2D eigenvalue weighted by Crippen LogP contribution is 2.19. The number of anilines is 1. The lowest BCUT2D eigenvalue weighted by molar-refractivity contribution is -0.124. The fourth-order valence-electron chi connectivity index (χ4n) is 1.19. The predicted octanol–water partition coefficient (Wildman–Crippen LogP) is 2.78. The van der Waals surface area contributed by atoms with Crippen molar-refractivity contribution in [2.75, 3.05) is 11.2 Å². The third-order valence-electron chi connectivity index (χ3n) is 1.97. The van der Waals surface area contributed by atoms with Crippen LogP contribution in [0.25, 0.3) is 0 Å². The first-order valence-corrected chi connectivity index (χ1v) is 5.58. The Morgan fingerprint density at radius 3 is 2.62 bits per heavy atom. The van der Waals surface area contributed by atoms with Crippen LogP contribution < -0.4 is 5.32 Å². The number of rotatable bonds is 4. The molecule has 0 aliphatic carbocycles. The second-order valence-corrected chi connectivity index (χ2v) is 4.06. The zero-order valence-electron chi connectivity index (χ0n) is 8.72. The Kier molecular flexibility index (Phi) is 4.77. The van der Waals surface area contributed by atoms with E-state index in [1.807, 2.05) is 6.92 Å². The lowest BCUT2D eigenvalue weighted by Crippen LogP contribution is -2.17. The molecule has 0 atom stereocenters. The number of aryl methyl sites for hydroxylation is 1. The number of Topliss-reactive ketones (excluding diaryl/α,β-unsaturated/α-hetero) is 1. The molecule has 5 heteroatoms. The van der Waals surface area contributed by atoms with Gasteiger partial charge in [0.2, 0.25) is 5.91 Å². The number of halogens is 2. The van der Waals surface area contributed by atoms with Gasteiger partial charge in [0.05, 0.1) is 12.3 Å². The van der Waals surface area contributed by atoms with Crippen molar-refractivity contribution in [3.8, 4) is 0 Å². The van der Waals surface area contributed by atoms with Crippen LogP contribution >= 0.6 is 23.2 Å². The molecule has 0 bridgehead atoms. The lowest BCUT2D eigenvalue weighted by atomic mass is 10.2. The van der Waals surface area contributed by atoms with Crippen LogP contribution in [0, 0.1) is 6.92 Å². The van der Waals surface area contributed by atoms with Gasteiger partial charge in [-0.3, -0.25) is 9.59 Å². The Hall–Kier alpha value is -1.06. The molecule has 0 aromatic heterocycles. The van der Waals surface area contributed by atoms with Crippen LogP contribution in [0.4, 0.5) is 5.69 Å². The number of alkyl halides is 1. The number of hydrogen-bond acceptors (Lipinski definition) is 2. The van der Waals surface area contributed by atoms with Gasteiger partial charge >= 0.3 is 0 Å². The number of carbonyl (C=O) groups is 2. The van der Waals surface area contributed by atoms with Crippen molar-refractivity contribution in [3.63, 3.8) is 0 Å². The summed E-state index contributed by atoms with van der Waals surface area (Å²) in [6.45, 7) is 1.82. The molecule has 0 aliphatic heterocycles. The third kappa shape index (κ3) is 3.83. The van der Waals surface area contributed by atoms with Crippen molar-refractivity contribution in [2.24, 2.45) is 0 Å². The molecule has 1 aromatic rings. The summed E-state index contributed by atoms with van der Waals surface area (Å²) >= 11 is 11.1. The molecule has 0 unspecified atom stereocenters. The Morgan fingerprint density at radius 1 is 1.38 bits per heavy atom. The summed E-state index contributed by atoms with van der Waals surface area (Å²) < 4.78 is 0. The van der Waals surface area contributed by atoms with Crippen LogP contribution in [0.5, 0.6) is 0 Å². The first-order valence-electron chi connectivity index (χ1n) is 4.66. The molecule has 0 fully saturated rings. The van der Waals surface area contributed by atoms with Gasteiger partial charge in [0.25, 0.3) is 0 Å². The second-order valence-electron chi connectivity index (χ2n) is 3.36. The zero-order valence-corrected chi connectivity index (χ0v) is 10.2. The monoisotopic (exact) mass is 259 g/mol. The molecule has 0 saturated carbocycles. The van der Waals surface area contributed by atoms with Crippen LogP contribution in [-0.4, -0.2) is 17.6 Å². The SMILES string of the molecule is Cc1cc(Cl)ccc1NC(=O)CC(=O)CCl. The van der Waals surface area contributed by atoms with Crippen molar-refractivity contribution < 1.29 is 9.59 Å². The summed E-state index contributed by atoms with van der Waals surface area (Å²) in [6, 6.07) is 5.11. The highest BCUT2D eigenvalue weighted by atomic mass is 35.5. The van der Waals surface area contributed by atoms with Gasteiger partial charge in [-0.15, -0.1) is 11.6 Å². The molecule has 3 nitrogen and oxygen atoms in total. The van der Waals surface area contributed by atoms with E-state index in [0.29, 0.717) is 10.7 Å². The van der Waals surface area contributed by atoms with Crippen molar-refractivity contribution >= 4 is 40.6 Å². The van der Waals surface area contributed by atoms with Crippen LogP contribution in [0.1, 0.15) is 12.0 Å². The first-order chi connectivity index (χ1) is 7.52. The number of nitrogens with one attached hydrogen (secondary N) is 1. The molecule has 1 N–H and O–H groups in total. The van der Waals surface area contributed by atoms with Gasteiger partial charge in [0.1, 0.15) is 0 Å². The first kappa shape index (κ1) is 13.0. The number of ketones is 1. The van der Waals surface area contributed by atoms with Crippen LogP contribution in [0.3, 0.4) is 0 Å². The highest BCUT2D eigenvalue weighted by Gasteiger charge is 2.09. The van der Waals surface area contributed by atoms with Gasteiger partial charge < -0.3 is 5.32 Å². The second kappa shape index (κ2) is 5.87. The molecule has 0 spiro atoms. The van der Waals surface area contributed by atoms with E-state index < -0.39 is 0 Å². The lowest BCUT2D eigenvalue weighted by Gasteiger charge is -2.07. The molecule has 0 radical (unpaired) electrons. The van der Waals surface area contributed by atoms with Gasteiger partial charge in [0.15, 0.2) is 5.78 Å². The third-order valence-corrected chi connectivity index (χ3v) is 2.50. The molecule has 0 aliphatic rings. The predicted molar refractivity (Wildman–Crippen MR) is 65.2 cm³/mol. The quantitative estimate of drug-likeness (QED) is 0.668. The van der Waals surface area contributed by atoms with Crippen LogP contribution in [-0.2, 0) is 9.59 Å². The summed E-state index contributed by atoms with van der Waals surface area (Å²) in [5.74, 6) is -0.811. The fraction of sp³-hybridized carbons (Fsp3) is 0.273. The Morgan fingerprint density at radius 2 is 2.06 bits per heavy atom. The largest absolute Gasteiger partial charge is 0.325 e. The summed E-state index contributed by atoms with van der Waals surface area (Å²) in [5.41, 5.74) is 1.50. The Bertz CT molecular complexity index is 418. The number of carbonyl (C=O) groups excluding carboxylic acids is 2. The average molecular weight is 260 g/mol. The highest BCUT2D eigenvalue weighted by molar-refractivity contribution is 6.31. The minimum atomic E-state index is -0.365. The van der Waals surface area contributed by atoms with Gasteiger partial charge in [-0.25, -0.2) is 0 Å². The van der Waals surface area contributed by atoms with Gasteiger partial charge in [0, 0.05) is 10.7 Å². The molecule has 86 valence electrons. The van der Waals surface area contributed by atoms with Crippen LogP contribution in [0.15, 0.2) is 18.2 Å². The fourth-order valence-corrected chi connectivity index (χ4v) is 1.51. The maximum Gasteiger partial charge on any atom is 0.231 e. The van der Waals surface area contributed by atoms with Crippen molar-refractivity contribution in [3.05, 3.63) is 28.8 Å². The Labute approximate surface area is 104 Å². The van der Waals surface area contributed by atoms with E-state index in [9.17, 15) is 9.59 Å². The molecule has 0 heterocycles. The maximum atomic E-state index is 11.4. The standard InChI is InChI=1S/C11H11Cl2NO2/c1-7-4-8(13)2-3-10(7)14-11(16)5-9(15)6-12/h2-4H,5-6H2,1H3,(H,14,16). The zero-order chi connectivity index (χ0) is 12.1. The maximum absolute atomic E-state index is 11.4. The Balaban J connectivity index is 2.66. The molecule has 1 amide bonds. The van der Waals surface area contributed by atoms with Crippen molar-refractivity contribution in [2.45, 2.75) is 13.3 Å². The molecular weight excluding hydrogens is 249 g/mol. The number of amides is 1. The molecular formula is C11H11Cl2NO2. The van der Waals surface area contributed by atoms with Gasteiger partial charge in [-0.05, 0) is 30.7 Å². The normalized spacial score (nSPS) is 9.94. The van der Waals surface area contributed by atoms with E-state index in [2.05, 4.69) is 5.32 Å².